The molecule has 2 aromatic rings. The van der Waals surface area contributed by atoms with Crippen LogP contribution in [0.25, 0.3) is 0 Å². The lowest BCUT2D eigenvalue weighted by molar-refractivity contribution is 0.960. The zero-order valence-electron chi connectivity index (χ0n) is 9.66. The van der Waals surface area contributed by atoms with E-state index in [1.807, 2.05) is 6.92 Å². The molecule has 0 atom stereocenters. The molecule has 84 valence electrons. The summed E-state index contributed by atoms with van der Waals surface area (Å²) in [6, 6.07) is 8.64. The molecule has 0 fully saturated rings. The van der Waals surface area contributed by atoms with Crippen LogP contribution in [-0.2, 0) is 12.8 Å². The van der Waals surface area contributed by atoms with E-state index in [0.717, 1.165) is 18.5 Å². The molecule has 0 aliphatic heterocycles. The van der Waals surface area contributed by atoms with Gasteiger partial charge in [0.05, 0.1) is 5.69 Å². The van der Waals surface area contributed by atoms with Gasteiger partial charge in [0, 0.05) is 4.88 Å². The van der Waals surface area contributed by atoms with Gasteiger partial charge in [0.2, 0.25) is 0 Å². The van der Waals surface area contributed by atoms with E-state index >= 15 is 0 Å². The molecule has 2 N–H and O–H groups in total. The minimum absolute atomic E-state index is 0.678. The van der Waals surface area contributed by atoms with E-state index in [9.17, 15) is 0 Å². The zero-order chi connectivity index (χ0) is 11.5. The maximum atomic E-state index is 5.68. The second-order valence-electron chi connectivity index (χ2n) is 4.05. The predicted octanol–water partition coefficient (Wildman–Crippen LogP) is 3.13. The Morgan fingerprint density at radius 3 is 2.69 bits per heavy atom. The van der Waals surface area contributed by atoms with Crippen LogP contribution in [0.5, 0.6) is 0 Å². The quantitative estimate of drug-likeness (QED) is 0.883. The number of nitrogens with zero attached hydrogens (tertiary/aromatic N) is 1. The van der Waals surface area contributed by atoms with Crippen LogP contribution in [-0.4, -0.2) is 4.98 Å². The van der Waals surface area contributed by atoms with Gasteiger partial charge in [0.15, 0.2) is 5.13 Å². The standard InChI is InChI=1S/C13H16N2S/c1-9-4-3-5-11(8-9)6-7-12-10(2)15-13(14)16-12/h3-5,8H,6-7H2,1-2H3,(H2,14,15). The van der Waals surface area contributed by atoms with E-state index in [0.29, 0.717) is 5.13 Å². The first kappa shape index (κ1) is 11.1. The van der Waals surface area contributed by atoms with Crippen LogP contribution in [0.2, 0.25) is 0 Å². The minimum atomic E-state index is 0.678. The highest BCUT2D eigenvalue weighted by Gasteiger charge is 2.05. The van der Waals surface area contributed by atoms with Crippen molar-refractivity contribution in [1.82, 2.24) is 4.98 Å². The maximum Gasteiger partial charge on any atom is 0.180 e. The van der Waals surface area contributed by atoms with Crippen molar-refractivity contribution in [3.63, 3.8) is 0 Å². The fraction of sp³-hybridized carbons (Fsp3) is 0.308. The van der Waals surface area contributed by atoms with Gasteiger partial charge in [-0.05, 0) is 32.3 Å². The van der Waals surface area contributed by atoms with Crippen LogP contribution >= 0.6 is 11.3 Å². The van der Waals surface area contributed by atoms with Gasteiger partial charge in [-0.15, -0.1) is 11.3 Å². The highest BCUT2D eigenvalue weighted by Crippen LogP contribution is 2.21. The van der Waals surface area contributed by atoms with Gasteiger partial charge in [-0.1, -0.05) is 29.8 Å². The number of anilines is 1. The fourth-order valence-corrected chi connectivity index (χ4v) is 2.64. The van der Waals surface area contributed by atoms with E-state index in [1.54, 1.807) is 11.3 Å². The summed E-state index contributed by atoms with van der Waals surface area (Å²) < 4.78 is 0. The minimum Gasteiger partial charge on any atom is -0.375 e. The largest absolute Gasteiger partial charge is 0.375 e. The van der Waals surface area contributed by atoms with Crippen LogP contribution in [0.15, 0.2) is 24.3 Å². The average molecular weight is 232 g/mol. The number of benzene rings is 1. The first-order chi connectivity index (χ1) is 7.65. The number of thiazole rings is 1. The van der Waals surface area contributed by atoms with Crippen LogP contribution in [0.4, 0.5) is 5.13 Å². The number of nitrogen functional groups attached to an aromatic ring is 1. The summed E-state index contributed by atoms with van der Waals surface area (Å²) in [5.74, 6) is 0. The third kappa shape index (κ3) is 2.61. The summed E-state index contributed by atoms with van der Waals surface area (Å²) in [6.45, 7) is 4.15. The van der Waals surface area contributed by atoms with E-state index in [-0.39, 0.29) is 0 Å². The average Bonchev–Trinajstić information content (AvgIpc) is 2.54. The van der Waals surface area contributed by atoms with Crippen LogP contribution in [0.1, 0.15) is 21.7 Å². The molecule has 0 bridgehead atoms. The Hall–Kier alpha value is -1.35. The molecule has 3 heteroatoms. The number of nitrogens with two attached hydrogens (primary N) is 1. The molecule has 0 saturated heterocycles. The SMILES string of the molecule is Cc1cccc(CCc2sc(N)nc2C)c1. The van der Waals surface area contributed by atoms with E-state index < -0.39 is 0 Å². The molecule has 1 aromatic heterocycles. The molecule has 16 heavy (non-hydrogen) atoms. The van der Waals surface area contributed by atoms with Gasteiger partial charge >= 0.3 is 0 Å². The summed E-state index contributed by atoms with van der Waals surface area (Å²) in [7, 11) is 0. The van der Waals surface area contributed by atoms with Gasteiger partial charge in [0.25, 0.3) is 0 Å². The molecule has 1 aromatic carbocycles. The Kier molecular flexibility index (Phi) is 3.25. The van der Waals surface area contributed by atoms with Gasteiger partial charge < -0.3 is 5.73 Å². The molecule has 0 radical (unpaired) electrons. The van der Waals surface area contributed by atoms with Crippen LogP contribution < -0.4 is 5.73 Å². The lowest BCUT2D eigenvalue weighted by Gasteiger charge is -2.01. The first-order valence-electron chi connectivity index (χ1n) is 5.42. The summed E-state index contributed by atoms with van der Waals surface area (Å²) in [4.78, 5) is 5.54. The zero-order valence-corrected chi connectivity index (χ0v) is 10.5. The van der Waals surface area contributed by atoms with E-state index in [4.69, 9.17) is 5.73 Å². The summed E-state index contributed by atoms with van der Waals surface area (Å²) in [5, 5.41) is 0.678. The third-order valence-electron chi connectivity index (χ3n) is 2.63. The van der Waals surface area contributed by atoms with Crippen molar-refractivity contribution < 1.29 is 0 Å². The van der Waals surface area contributed by atoms with Crippen LogP contribution in [0.3, 0.4) is 0 Å². The third-order valence-corrected chi connectivity index (χ3v) is 3.68. The maximum absolute atomic E-state index is 5.68. The molecule has 0 aliphatic carbocycles. The monoisotopic (exact) mass is 232 g/mol. The van der Waals surface area contributed by atoms with Gasteiger partial charge in [-0.25, -0.2) is 4.98 Å². The van der Waals surface area contributed by atoms with Crippen molar-refractivity contribution in [2.24, 2.45) is 0 Å². The topological polar surface area (TPSA) is 38.9 Å². The molecule has 0 aliphatic rings. The van der Waals surface area contributed by atoms with Crippen molar-refractivity contribution in [3.05, 3.63) is 46.0 Å². The second kappa shape index (κ2) is 4.66. The lowest BCUT2D eigenvalue weighted by Crippen LogP contribution is -1.91. The molecule has 2 rings (SSSR count). The van der Waals surface area contributed by atoms with Crippen molar-refractivity contribution >= 4 is 16.5 Å². The van der Waals surface area contributed by atoms with Crippen LogP contribution in [0, 0.1) is 13.8 Å². The van der Waals surface area contributed by atoms with Crippen molar-refractivity contribution in [3.8, 4) is 0 Å². The molecule has 0 unspecified atom stereocenters. The molecule has 0 amide bonds. The molecule has 0 saturated carbocycles. The van der Waals surface area contributed by atoms with Gasteiger partial charge in [-0.2, -0.15) is 0 Å². The smallest absolute Gasteiger partial charge is 0.180 e. The lowest BCUT2D eigenvalue weighted by atomic mass is 10.1. The van der Waals surface area contributed by atoms with Crippen molar-refractivity contribution in [1.29, 1.82) is 0 Å². The number of aryl methyl sites for hydroxylation is 4. The molecular formula is C13H16N2S. The Bertz CT molecular complexity index is 488. The summed E-state index contributed by atoms with van der Waals surface area (Å²) >= 11 is 1.60. The van der Waals surface area contributed by atoms with Crippen molar-refractivity contribution in [2.45, 2.75) is 26.7 Å². The summed E-state index contributed by atoms with van der Waals surface area (Å²) in [5.41, 5.74) is 9.46. The highest BCUT2D eigenvalue weighted by atomic mass is 32.1. The van der Waals surface area contributed by atoms with E-state index in [2.05, 4.69) is 36.2 Å². The summed E-state index contributed by atoms with van der Waals surface area (Å²) in [6.07, 6.45) is 2.09. The normalized spacial score (nSPS) is 10.6. The Labute approximate surface area is 100 Å². The Morgan fingerprint density at radius 2 is 2.06 bits per heavy atom. The first-order valence-corrected chi connectivity index (χ1v) is 6.24. The number of rotatable bonds is 3. The highest BCUT2D eigenvalue weighted by molar-refractivity contribution is 7.15. The van der Waals surface area contributed by atoms with Gasteiger partial charge in [0.1, 0.15) is 0 Å². The number of hydrogen-bond donors (Lipinski definition) is 1. The fourth-order valence-electron chi connectivity index (χ4n) is 1.81. The Morgan fingerprint density at radius 1 is 1.25 bits per heavy atom. The molecule has 1 heterocycles. The number of hydrogen-bond acceptors (Lipinski definition) is 3. The van der Waals surface area contributed by atoms with Gasteiger partial charge in [-0.3, -0.25) is 0 Å². The Balaban J connectivity index is 2.05. The molecular weight excluding hydrogens is 216 g/mol. The van der Waals surface area contributed by atoms with E-state index in [1.165, 1.54) is 16.0 Å². The second-order valence-corrected chi connectivity index (χ2v) is 5.16. The van der Waals surface area contributed by atoms with Crippen molar-refractivity contribution in [2.75, 3.05) is 5.73 Å². The number of aromatic nitrogens is 1. The predicted molar refractivity (Wildman–Crippen MR) is 69.9 cm³/mol. The molecule has 2 nitrogen and oxygen atoms in total. The molecule has 0 spiro atoms.